The molecule has 0 aliphatic carbocycles. The number of hydrogen-bond acceptors (Lipinski definition) is 3. The summed E-state index contributed by atoms with van der Waals surface area (Å²) < 4.78 is 0. The van der Waals surface area contributed by atoms with Gasteiger partial charge in [0.2, 0.25) is 0 Å². The SMILES string of the molecule is C=C(C)CN(C)CC.C=C/C=C(N)\C=C(/C)N. The molecule has 4 N–H and O–H groups in total. The molecule has 0 aliphatic rings. The minimum atomic E-state index is 0.630. The fraction of sp³-hybridized carbons (Fsp3) is 0.429. The van der Waals surface area contributed by atoms with E-state index >= 15 is 0 Å². The first-order valence-electron chi connectivity index (χ1n) is 5.68. The standard InChI is InChI=1S/C7H12N2.C7H15N/c1-3-4-7(9)5-6(2)8;1-5-8(4)6-7(2)3/h3-5H,1,8-9H2,2H3;2,5-6H2,1,3-4H3/b6-5+,7-4+;. The summed E-state index contributed by atoms with van der Waals surface area (Å²) in [6.07, 6.45) is 4.99. The lowest BCUT2D eigenvalue weighted by molar-refractivity contribution is 0.384. The van der Waals surface area contributed by atoms with Gasteiger partial charge in [0.25, 0.3) is 0 Å². The fourth-order valence-corrected chi connectivity index (χ4v) is 1.02. The van der Waals surface area contributed by atoms with Crippen LogP contribution in [0.25, 0.3) is 0 Å². The van der Waals surface area contributed by atoms with Gasteiger partial charge in [-0.25, -0.2) is 0 Å². The van der Waals surface area contributed by atoms with E-state index in [-0.39, 0.29) is 0 Å². The third-order valence-electron chi connectivity index (χ3n) is 1.78. The number of rotatable bonds is 5. The smallest absolute Gasteiger partial charge is 0.0330 e. The van der Waals surface area contributed by atoms with E-state index < -0.39 is 0 Å². The van der Waals surface area contributed by atoms with Crippen LogP contribution in [0.4, 0.5) is 0 Å². The van der Waals surface area contributed by atoms with E-state index in [1.54, 1.807) is 25.2 Å². The van der Waals surface area contributed by atoms with Gasteiger partial charge in [-0.3, -0.25) is 0 Å². The van der Waals surface area contributed by atoms with Crippen LogP contribution < -0.4 is 11.5 Å². The average Bonchev–Trinajstić information content (AvgIpc) is 2.16. The van der Waals surface area contributed by atoms with Crippen molar-refractivity contribution >= 4 is 0 Å². The molecular weight excluding hydrogens is 210 g/mol. The highest BCUT2D eigenvalue weighted by Gasteiger charge is 1.90. The largest absolute Gasteiger partial charge is 0.402 e. The number of likely N-dealkylation sites (N-methyl/N-ethyl adjacent to an activating group) is 1. The van der Waals surface area contributed by atoms with Gasteiger partial charge < -0.3 is 16.4 Å². The first kappa shape index (κ1) is 17.9. The van der Waals surface area contributed by atoms with Gasteiger partial charge in [-0.05, 0) is 39.6 Å². The van der Waals surface area contributed by atoms with Crippen LogP contribution >= 0.6 is 0 Å². The van der Waals surface area contributed by atoms with Gasteiger partial charge in [0, 0.05) is 17.9 Å². The van der Waals surface area contributed by atoms with Crippen LogP contribution in [-0.4, -0.2) is 25.0 Å². The summed E-state index contributed by atoms with van der Waals surface area (Å²) in [7, 11) is 2.09. The van der Waals surface area contributed by atoms with Gasteiger partial charge in [-0.1, -0.05) is 31.7 Å². The molecule has 0 heterocycles. The molecule has 0 rings (SSSR count). The summed E-state index contributed by atoms with van der Waals surface area (Å²) in [5, 5.41) is 0. The molecule has 0 unspecified atom stereocenters. The summed E-state index contributed by atoms with van der Waals surface area (Å²) in [4.78, 5) is 2.22. The van der Waals surface area contributed by atoms with Crippen molar-refractivity contribution in [1.29, 1.82) is 0 Å². The normalized spacial score (nSPS) is 11.8. The maximum Gasteiger partial charge on any atom is 0.0330 e. The van der Waals surface area contributed by atoms with E-state index in [0.717, 1.165) is 13.1 Å². The maximum atomic E-state index is 5.42. The predicted molar refractivity (Wildman–Crippen MR) is 78.4 cm³/mol. The van der Waals surface area contributed by atoms with Gasteiger partial charge in [-0.15, -0.1) is 0 Å². The van der Waals surface area contributed by atoms with Gasteiger partial charge in [-0.2, -0.15) is 0 Å². The lowest BCUT2D eigenvalue weighted by atomic mass is 10.3. The summed E-state index contributed by atoms with van der Waals surface area (Å²) in [5.74, 6) is 0. The topological polar surface area (TPSA) is 55.3 Å². The first-order chi connectivity index (χ1) is 7.83. The summed E-state index contributed by atoms with van der Waals surface area (Å²) >= 11 is 0. The Hall–Kier alpha value is -1.48. The molecule has 0 aromatic rings. The Kier molecular flexibility index (Phi) is 11.6. The Labute approximate surface area is 106 Å². The van der Waals surface area contributed by atoms with Gasteiger partial charge >= 0.3 is 0 Å². The molecule has 0 bridgehead atoms. The molecule has 0 amide bonds. The van der Waals surface area contributed by atoms with E-state index in [9.17, 15) is 0 Å². The Bertz CT molecular complexity index is 284. The van der Waals surface area contributed by atoms with Crippen LogP contribution in [0.15, 0.2) is 48.4 Å². The molecule has 0 fully saturated rings. The molecular formula is C14H27N3. The summed E-state index contributed by atoms with van der Waals surface area (Å²) in [5.41, 5.74) is 13.3. The van der Waals surface area contributed by atoms with Gasteiger partial charge in [0.15, 0.2) is 0 Å². The van der Waals surface area contributed by atoms with E-state index in [1.165, 1.54) is 5.57 Å². The molecule has 3 heteroatoms. The van der Waals surface area contributed by atoms with E-state index in [2.05, 4.69) is 32.0 Å². The van der Waals surface area contributed by atoms with Crippen LogP contribution in [0.1, 0.15) is 20.8 Å². The van der Waals surface area contributed by atoms with Crippen molar-refractivity contribution in [3.63, 3.8) is 0 Å². The predicted octanol–water partition coefficient (Wildman–Crippen LogP) is 2.39. The second kappa shape index (κ2) is 11.0. The lowest BCUT2D eigenvalue weighted by Gasteiger charge is -2.12. The van der Waals surface area contributed by atoms with Crippen molar-refractivity contribution in [2.75, 3.05) is 20.1 Å². The minimum absolute atomic E-state index is 0.630. The van der Waals surface area contributed by atoms with Crippen molar-refractivity contribution in [3.8, 4) is 0 Å². The third kappa shape index (κ3) is 17.2. The number of hydrogen-bond donors (Lipinski definition) is 2. The average molecular weight is 237 g/mol. The quantitative estimate of drug-likeness (QED) is 0.570. The molecule has 0 saturated heterocycles. The molecule has 0 aliphatic heterocycles. The molecule has 0 aromatic heterocycles. The number of nitrogens with zero attached hydrogens (tertiary/aromatic N) is 1. The van der Waals surface area contributed by atoms with E-state index in [0.29, 0.717) is 11.4 Å². The molecule has 0 atom stereocenters. The van der Waals surface area contributed by atoms with Crippen LogP contribution in [0.5, 0.6) is 0 Å². The monoisotopic (exact) mass is 237 g/mol. The highest BCUT2D eigenvalue weighted by molar-refractivity contribution is 5.21. The fourth-order valence-electron chi connectivity index (χ4n) is 1.02. The molecule has 3 nitrogen and oxygen atoms in total. The molecule has 0 saturated carbocycles. The Morgan fingerprint density at radius 1 is 1.29 bits per heavy atom. The van der Waals surface area contributed by atoms with E-state index in [4.69, 9.17) is 11.5 Å². The van der Waals surface area contributed by atoms with Gasteiger partial charge in [0.1, 0.15) is 0 Å². The highest BCUT2D eigenvalue weighted by atomic mass is 15.1. The van der Waals surface area contributed by atoms with Crippen molar-refractivity contribution in [2.45, 2.75) is 20.8 Å². The molecule has 98 valence electrons. The number of allylic oxidation sites excluding steroid dienone is 4. The van der Waals surface area contributed by atoms with Crippen LogP contribution in [0, 0.1) is 0 Å². The van der Waals surface area contributed by atoms with Crippen molar-refractivity contribution < 1.29 is 0 Å². The summed E-state index contributed by atoms with van der Waals surface area (Å²) in [6.45, 7) is 15.4. The molecule has 17 heavy (non-hydrogen) atoms. The maximum absolute atomic E-state index is 5.42. The lowest BCUT2D eigenvalue weighted by Crippen LogP contribution is -2.18. The second-order valence-electron chi connectivity index (χ2n) is 4.08. The highest BCUT2D eigenvalue weighted by Crippen LogP contribution is 1.90. The van der Waals surface area contributed by atoms with Crippen molar-refractivity contribution in [3.05, 3.63) is 48.4 Å². The molecule has 0 radical (unpaired) electrons. The third-order valence-corrected chi connectivity index (χ3v) is 1.78. The Morgan fingerprint density at radius 3 is 2.06 bits per heavy atom. The Balaban J connectivity index is 0. The molecule has 0 spiro atoms. The zero-order chi connectivity index (χ0) is 13.8. The summed E-state index contributed by atoms with van der Waals surface area (Å²) in [6, 6.07) is 0. The second-order valence-corrected chi connectivity index (χ2v) is 4.08. The van der Waals surface area contributed by atoms with Crippen molar-refractivity contribution in [2.24, 2.45) is 11.5 Å². The van der Waals surface area contributed by atoms with E-state index in [1.807, 2.05) is 6.92 Å². The van der Waals surface area contributed by atoms with Gasteiger partial charge in [0.05, 0.1) is 0 Å². The number of nitrogens with two attached hydrogens (primary N) is 2. The van der Waals surface area contributed by atoms with Crippen LogP contribution in [0.2, 0.25) is 0 Å². The van der Waals surface area contributed by atoms with Crippen molar-refractivity contribution in [1.82, 2.24) is 4.90 Å². The zero-order valence-corrected chi connectivity index (χ0v) is 11.7. The minimum Gasteiger partial charge on any atom is -0.402 e. The van der Waals surface area contributed by atoms with Crippen LogP contribution in [0.3, 0.4) is 0 Å². The first-order valence-corrected chi connectivity index (χ1v) is 5.68. The molecule has 0 aromatic carbocycles. The van der Waals surface area contributed by atoms with Crippen LogP contribution in [-0.2, 0) is 0 Å². The Morgan fingerprint density at radius 2 is 1.82 bits per heavy atom. The zero-order valence-electron chi connectivity index (χ0n) is 11.7.